The second-order valence-electron chi connectivity index (χ2n) is 6.99. The van der Waals surface area contributed by atoms with Gasteiger partial charge in [0.25, 0.3) is 5.91 Å². The van der Waals surface area contributed by atoms with Gasteiger partial charge in [-0.25, -0.2) is 4.79 Å². The monoisotopic (exact) mass is 448 g/mol. The van der Waals surface area contributed by atoms with E-state index in [1.165, 1.54) is 13.2 Å². The Labute approximate surface area is 182 Å². The van der Waals surface area contributed by atoms with Crippen LogP contribution in [0.5, 0.6) is 5.75 Å². The van der Waals surface area contributed by atoms with Gasteiger partial charge in [-0.05, 0) is 29.3 Å². The summed E-state index contributed by atoms with van der Waals surface area (Å²) < 4.78 is 12.5. The molecule has 9 heteroatoms. The number of aromatic carboxylic acids is 1. The van der Waals surface area contributed by atoms with Crippen LogP contribution in [0.2, 0.25) is 10.0 Å². The van der Waals surface area contributed by atoms with Gasteiger partial charge in [0.1, 0.15) is 16.5 Å². The maximum atomic E-state index is 13.1. The van der Waals surface area contributed by atoms with Gasteiger partial charge in [0.05, 0.1) is 42.5 Å². The lowest BCUT2D eigenvalue weighted by molar-refractivity contribution is 0.0676. The molecule has 0 saturated carbocycles. The summed E-state index contributed by atoms with van der Waals surface area (Å²) in [7, 11) is 3.25. The highest BCUT2D eigenvalue weighted by atomic mass is 35.5. The van der Waals surface area contributed by atoms with Gasteiger partial charge in [-0.2, -0.15) is 0 Å². The number of ether oxygens (including phenoxy) is 2. The molecule has 0 aliphatic carbocycles. The highest BCUT2D eigenvalue weighted by Gasteiger charge is 2.26. The molecule has 0 saturated heterocycles. The van der Waals surface area contributed by atoms with E-state index in [4.69, 9.17) is 32.7 Å². The number of hydrogen-bond donors (Lipinski definition) is 2. The van der Waals surface area contributed by atoms with Crippen molar-refractivity contribution in [2.75, 3.05) is 13.7 Å². The number of benzene rings is 2. The van der Waals surface area contributed by atoms with Gasteiger partial charge in [0.15, 0.2) is 0 Å². The molecule has 1 aliphatic heterocycles. The first kappa shape index (κ1) is 20.5. The van der Waals surface area contributed by atoms with Gasteiger partial charge in [0.2, 0.25) is 0 Å². The Morgan fingerprint density at radius 1 is 1.23 bits per heavy atom. The summed E-state index contributed by atoms with van der Waals surface area (Å²) in [5.41, 5.74) is 2.85. The van der Waals surface area contributed by atoms with Crippen molar-refractivity contribution in [1.82, 2.24) is 9.88 Å². The van der Waals surface area contributed by atoms with Crippen molar-refractivity contribution < 1.29 is 24.2 Å². The number of aryl methyl sites for hydroxylation is 1. The van der Waals surface area contributed by atoms with E-state index in [-0.39, 0.29) is 23.1 Å². The Morgan fingerprint density at radius 3 is 2.70 bits per heavy atom. The van der Waals surface area contributed by atoms with Crippen LogP contribution in [0.15, 0.2) is 30.3 Å². The predicted octanol–water partition coefficient (Wildman–Crippen LogP) is 4.19. The summed E-state index contributed by atoms with van der Waals surface area (Å²) >= 11 is 12.6. The Bertz CT molecular complexity index is 1190. The topological polar surface area (TPSA) is 89.8 Å². The highest BCUT2D eigenvalue weighted by Crippen LogP contribution is 2.39. The number of fused-ring (bicyclic) bond motifs is 2. The number of carboxylic acid groups (broad SMARTS) is 1. The first-order valence-electron chi connectivity index (χ1n) is 9.08. The first-order valence-corrected chi connectivity index (χ1v) is 9.83. The van der Waals surface area contributed by atoms with E-state index in [1.54, 1.807) is 35.9 Å². The maximum absolute atomic E-state index is 13.1. The van der Waals surface area contributed by atoms with E-state index in [0.29, 0.717) is 34.0 Å². The van der Waals surface area contributed by atoms with Crippen molar-refractivity contribution in [1.29, 1.82) is 0 Å². The Morgan fingerprint density at radius 2 is 2.00 bits per heavy atom. The van der Waals surface area contributed by atoms with E-state index >= 15 is 0 Å². The van der Waals surface area contributed by atoms with Crippen LogP contribution in [0.1, 0.15) is 38.0 Å². The van der Waals surface area contributed by atoms with Crippen molar-refractivity contribution >= 4 is 46.0 Å². The molecule has 1 amide bonds. The van der Waals surface area contributed by atoms with Gasteiger partial charge in [-0.15, -0.1) is 0 Å². The average Bonchev–Trinajstić information content (AvgIpc) is 3.07. The molecule has 0 spiro atoms. The number of rotatable bonds is 4. The van der Waals surface area contributed by atoms with Gasteiger partial charge in [-0.1, -0.05) is 29.3 Å². The third kappa shape index (κ3) is 3.39. The summed E-state index contributed by atoms with van der Waals surface area (Å²) in [5.74, 6) is -0.903. The van der Waals surface area contributed by atoms with Crippen LogP contribution in [0, 0.1) is 0 Å². The zero-order valence-corrected chi connectivity index (χ0v) is 17.7. The summed E-state index contributed by atoms with van der Waals surface area (Å²) in [6.45, 7) is 0.584. The Kier molecular flexibility index (Phi) is 5.36. The number of carbonyl (C=O) groups excluding carboxylic acids is 1. The van der Waals surface area contributed by atoms with Crippen molar-refractivity contribution in [3.8, 4) is 5.75 Å². The van der Waals surface area contributed by atoms with Gasteiger partial charge >= 0.3 is 5.97 Å². The number of nitrogens with zero attached hydrogens (tertiary/aromatic N) is 1. The fourth-order valence-corrected chi connectivity index (χ4v) is 4.16. The number of carboxylic acids is 1. The fourth-order valence-electron chi connectivity index (χ4n) is 3.68. The molecule has 1 atom stereocenters. The van der Waals surface area contributed by atoms with Gasteiger partial charge < -0.3 is 24.5 Å². The number of halogens is 2. The molecule has 0 unspecified atom stereocenters. The molecule has 2 heterocycles. The van der Waals surface area contributed by atoms with E-state index < -0.39 is 12.0 Å². The van der Waals surface area contributed by atoms with Crippen molar-refractivity contribution in [2.45, 2.75) is 12.6 Å². The van der Waals surface area contributed by atoms with E-state index in [1.807, 2.05) is 0 Å². The molecule has 0 radical (unpaired) electrons. The fraction of sp³-hybridized carbons (Fsp3) is 0.238. The van der Waals surface area contributed by atoms with Gasteiger partial charge in [0, 0.05) is 18.5 Å². The predicted molar refractivity (Wildman–Crippen MR) is 113 cm³/mol. The van der Waals surface area contributed by atoms with Crippen molar-refractivity contribution in [2.24, 2.45) is 7.05 Å². The quantitative estimate of drug-likeness (QED) is 0.624. The molecule has 4 rings (SSSR count). The molecular weight excluding hydrogens is 431 g/mol. The Hall–Kier alpha value is -2.74. The lowest BCUT2D eigenvalue weighted by atomic mass is 9.96. The standard InChI is InChI=1S/C21H18Cl2N2O5/c1-25-15-7-17(29-2)19(23)18(22)13(15)6-16(25)20(26)24-14-9-30-8-11-5-10(21(27)28)3-4-12(11)14/h3-7,14H,8-9H2,1-2H3,(H,24,26)(H,27,28)/t14-/m1/s1. The van der Waals surface area contributed by atoms with Crippen LogP contribution in [-0.2, 0) is 18.4 Å². The number of methoxy groups -OCH3 is 1. The molecule has 1 aromatic heterocycles. The number of carbonyl (C=O) groups is 2. The second-order valence-corrected chi connectivity index (χ2v) is 7.74. The maximum Gasteiger partial charge on any atom is 0.335 e. The van der Waals surface area contributed by atoms with Crippen LogP contribution < -0.4 is 10.1 Å². The molecule has 1 aliphatic rings. The average molecular weight is 449 g/mol. The van der Waals surface area contributed by atoms with Crippen LogP contribution in [0.25, 0.3) is 10.9 Å². The molecule has 7 nitrogen and oxygen atoms in total. The number of aromatic nitrogens is 1. The van der Waals surface area contributed by atoms with Crippen LogP contribution in [0.3, 0.4) is 0 Å². The smallest absolute Gasteiger partial charge is 0.335 e. The lowest BCUT2D eigenvalue weighted by Crippen LogP contribution is -2.35. The molecule has 156 valence electrons. The highest BCUT2D eigenvalue weighted by molar-refractivity contribution is 6.46. The zero-order valence-electron chi connectivity index (χ0n) is 16.2. The summed E-state index contributed by atoms with van der Waals surface area (Å²) in [6, 6.07) is 7.81. The molecular formula is C21H18Cl2N2O5. The van der Waals surface area contributed by atoms with Crippen molar-refractivity contribution in [3.05, 3.63) is 62.8 Å². The third-order valence-corrected chi connectivity index (χ3v) is 6.12. The third-order valence-electron chi connectivity index (χ3n) is 5.26. The minimum absolute atomic E-state index is 0.179. The lowest BCUT2D eigenvalue weighted by Gasteiger charge is -2.27. The van der Waals surface area contributed by atoms with Crippen molar-refractivity contribution in [3.63, 3.8) is 0 Å². The molecule has 0 fully saturated rings. The summed E-state index contributed by atoms with van der Waals surface area (Å²) in [6.07, 6.45) is 0. The summed E-state index contributed by atoms with van der Waals surface area (Å²) in [4.78, 5) is 24.3. The van der Waals surface area contributed by atoms with E-state index in [2.05, 4.69) is 5.32 Å². The molecule has 2 aromatic carbocycles. The first-order chi connectivity index (χ1) is 14.3. The minimum Gasteiger partial charge on any atom is -0.495 e. The van der Waals surface area contributed by atoms with Crippen LogP contribution in [0.4, 0.5) is 0 Å². The molecule has 3 aromatic rings. The number of hydrogen-bond acceptors (Lipinski definition) is 4. The van der Waals surface area contributed by atoms with Gasteiger partial charge in [-0.3, -0.25) is 4.79 Å². The summed E-state index contributed by atoms with van der Waals surface area (Å²) in [5, 5.41) is 13.4. The SMILES string of the molecule is COc1cc2c(cc(C(=O)N[C@@H]3COCc4cc(C(=O)O)ccc43)n2C)c(Cl)c1Cl. The Balaban J connectivity index is 1.67. The van der Waals surface area contributed by atoms with E-state index in [9.17, 15) is 14.7 Å². The normalized spacial score (nSPS) is 15.7. The number of amides is 1. The second kappa shape index (κ2) is 7.83. The number of nitrogens with one attached hydrogen (secondary N) is 1. The largest absolute Gasteiger partial charge is 0.495 e. The molecule has 0 bridgehead atoms. The molecule has 2 N–H and O–H groups in total. The zero-order chi connectivity index (χ0) is 21.6. The van der Waals surface area contributed by atoms with E-state index in [0.717, 1.165) is 11.1 Å². The molecule has 30 heavy (non-hydrogen) atoms. The van der Waals surface area contributed by atoms with Crippen LogP contribution in [-0.4, -0.2) is 35.3 Å². The van der Waals surface area contributed by atoms with Crippen LogP contribution >= 0.6 is 23.2 Å². The minimum atomic E-state index is -1.01.